The minimum absolute atomic E-state index is 0.306. The van der Waals surface area contributed by atoms with Crippen molar-refractivity contribution >= 4 is 0 Å². The van der Waals surface area contributed by atoms with E-state index in [0.717, 1.165) is 45.0 Å². The Hall–Kier alpha value is -1.10. The Balaban J connectivity index is 1.93. The van der Waals surface area contributed by atoms with Gasteiger partial charge in [0.2, 0.25) is 0 Å². The summed E-state index contributed by atoms with van der Waals surface area (Å²) in [5.74, 6) is 0.967. The van der Waals surface area contributed by atoms with Gasteiger partial charge in [-0.3, -0.25) is 9.80 Å². The van der Waals surface area contributed by atoms with Crippen molar-refractivity contribution in [2.75, 3.05) is 39.3 Å². The van der Waals surface area contributed by atoms with Crippen LogP contribution in [0.1, 0.15) is 51.6 Å². The first-order valence-corrected chi connectivity index (χ1v) is 9.60. The van der Waals surface area contributed by atoms with Gasteiger partial charge in [-0.25, -0.2) is 0 Å². The zero-order chi connectivity index (χ0) is 17.4. The summed E-state index contributed by atoms with van der Waals surface area (Å²) in [5.41, 5.74) is 7.41. The van der Waals surface area contributed by atoms with Crippen LogP contribution in [0.2, 0.25) is 0 Å². The van der Waals surface area contributed by atoms with E-state index in [0.29, 0.717) is 18.6 Å². The fourth-order valence-electron chi connectivity index (χ4n) is 3.60. The normalized spacial score (nSPS) is 20.9. The number of nitrogens with zero attached hydrogens (tertiary/aromatic N) is 2. The van der Waals surface area contributed by atoms with Crippen LogP contribution >= 0.6 is 0 Å². The van der Waals surface area contributed by atoms with Crippen LogP contribution in [0.3, 0.4) is 0 Å². The number of ether oxygens (including phenoxy) is 1. The van der Waals surface area contributed by atoms with E-state index < -0.39 is 0 Å². The summed E-state index contributed by atoms with van der Waals surface area (Å²) in [6.45, 7) is 12.7. The van der Waals surface area contributed by atoms with Crippen LogP contribution < -0.4 is 10.5 Å². The number of nitrogens with two attached hydrogens (primary N) is 1. The highest BCUT2D eigenvalue weighted by atomic mass is 16.5. The fraction of sp³-hybridized carbons (Fsp3) is 0.700. The van der Waals surface area contributed by atoms with Crippen molar-refractivity contribution in [1.82, 2.24) is 9.80 Å². The molecule has 1 fully saturated rings. The predicted octanol–water partition coefficient (Wildman–Crippen LogP) is 3.28. The molecule has 0 saturated carbocycles. The van der Waals surface area contributed by atoms with Crippen LogP contribution in [0.15, 0.2) is 24.3 Å². The van der Waals surface area contributed by atoms with E-state index in [4.69, 9.17) is 10.5 Å². The standard InChI is InChI=1S/C20H35N3O/c1-4-6-7-14-24-19-10-8-18(9-11-19)20(15-21)23-13-12-22(5-2)17(3)16-23/h8-11,17,20H,4-7,12-16,21H2,1-3H3. The Kier molecular flexibility index (Phi) is 8.03. The summed E-state index contributed by atoms with van der Waals surface area (Å²) in [6, 6.07) is 9.46. The quantitative estimate of drug-likeness (QED) is 0.704. The number of piperazine rings is 1. The van der Waals surface area contributed by atoms with Gasteiger partial charge in [-0.1, -0.05) is 38.8 Å². The average molecular weight is 334 g/mol. The zero-order valence-corrected chi connectivity index (χ0v) is 15.7. The van der Waals surface area contributed by atoms with Crippen LogP contribution in [-0.4, -0.2) is 55.2 Å². The summed E-state index contributed by atoms with van der Waals surface area (Å²) in [7, 11) is 0. The van der Waals surface area contributed by atoms with Gasteiger partial charge in [0.1, 0.15) is 5.75 Å². The van der Waals surface area contributed by atoms with Crippen LogP contribution in [0, 0.1) is 0 Å². The van der Waals surface area contributed by atoms with Gasteiger partial charge >= 0.3 is 0 Å². The van der Waals surface area contributed by atoms with Crippen LogP contribution in [0.5, 0.6) is 5.75 Å². The van der Waals surface area contributed by atoms with Crippen molar-refractivity contribution in [3.63, 3.8) is 0 Å². The molecule has 1 aromatic rings. The van der Waals surface area contributed by atoms with E-state index >= 15 is 0 Å². The highest BCUT2D eigenvalue weighted by Crippen LogP contribution is 2.25. The third-order valence-electron chi connectivity index (χ3n) is 5.15. The van der Waals surface area contributed by atoms with Crippen molar-refractivity contribution in [3.8, 4) is 5.75 Å². The maximum Gasteiger partial charge on any atom is 0.119 e. The molecule has 2 atom stereocenters. The van der Waals surface area contributed by atoms with Crippen molar-refractivity contribution in [2.24, 2.45) is 5.73 Å². The second kappa shape index (κ2) is 10.0. The van der Waals surface area contributed by atoms with Gasteiger partial charge in [0.15, 0.2) is 0 Å². The average Bonchev–Trinajstić information content (AvgIpc) is 2.61. The molecule has 0 amide bonds. The molecule has 2 N–H and O–H groups in total. The molecule has 0 radical (unpaired) electrons. The third-order valence-corrected chi connectivity index (χ3v) is 5.15. The SMILES string of the molecule is CCCCCOc1ccc(C(CN)N2CCN(CC)C(C)C2)cc1. The Morgan fingerprint density at radius 2 is 1.92 bits per heavy atom. The van der Waals surface area contributed by atoms with E-state index in [2.05, 4.69) is 54.8 Å². The molecule has 0 aromatic heterocycles. The van der Waals surface area contributed by atoms with Gasteiger partial charge in [-0.15, -0.1) is 0 Å². The minimum Gasteiger partial charge on any atom is -0.494 e. The van der Waals surface area contributed by atoms with Crippen molar-refractivity contribution in [3.05, 3.63) is 29.8 Å². The lowest BCUT2D eigenvalue weighted by Crippen LogP contribution is -2.53. The van der Waals surface area contributed by atoms with Crippen molar-refractivity contribution < 1.29 is 4.74 Å². The lowest BCUT2D eigenvalue weighted by atomic mass is 10.0. The van der Waals surface area contributed by atoms with Gasteiger partial charge < -0.3 is 10.5 Å². The number of unbranched alkanes of at least 4 members (excludes halogenated alkanes) is 2. The number of hydrogen-bond acceptors (Lipinski definition) is 4. The third kappa shape index (κ3) is 5.20. The molecule has 4 heteroatoms. The smallest absolute Gasteiger partial charge is 0.119 e. The topological polar surface area (TPSA) is 41.7 Å². The number of likely N-dealkylation sites (N-methyl/N-ethyl adjacent to an activating group) is 1. The predicted molar refractivity (Wildman–Crippen MR) is 102 cm³/mol. The van der Waals surface area contributed by atoms with Crippen LogP contribution in [0.25, 0.3) is 0 Å². The summed E-state index contributed by atoms with van der Waals surface area (Å²) < 4.78 is 5.82. The first-order valence-electron chi connectivity index (χ1n) is 9.60. The summed E-state index contributed by atoms with van der Waals surface area (Å²) in [5, 5.41) is 0. The zero-order valence-electron chi connectivity index (χ0n) is 15.7. The second-order valence-electron chi connectivity index (χ2n) is 6.85. The number of rotatable bonds is 9. The Morgan fingerprint density at radius 3 is 2.50 bits per heavy atom. The molecule has 1 aliphatic rings. The summed E-state index contributed by atoms with van der Waals surface area (Å²) >= 11 is 0. The Labute approximate surface area is 148 Å². The van der Waals surface area contributed by atoms with Crippen molar-refractivity contribution in [1.29, 1.82) is 0 Å². The molecule has 0 bridgehead atoms. The highest BCUT2D eigenvalue weighted by molar-refractivity contribution is 5.29. The minimum atomic E-state index is 0.306. The molecular weight excluding hydrogens is 298 g/mol. The maximum absolute atomic E-state index is 6.11. The summed E-state index contributed by atoms with van der Waals surface area (Å²) in [6.07, 6.45) is 3.59. The number of hydrogen-bond donors (Lipinski definition) is 1. The Bertz CT molecular complexity index is 462. The van der Waals surface area contributed by atoms with Crippen LogP contribution in [-0.2, 0) is 0 Å². The van der Waals surface area contributed by atoms with E-state index in [-0.39, 0.29) is 0 Å². The largest absolute Gasteiger partial charge is 0.494 e. The van der Waals surface area contributed by atoms with Gasteiger partial charge in [0, 0.05) is 38.3 Å². The van der Waals surface area contributed by atoms with Gasteiger partial charge in [-0.2, -0.15) is 0 Å². The lowest BCUT2D eigenvalue weighted by Gasteiger charge is -2.42. The van der Waals surface area contributed by atoms with E-state index in [9.17, 15) is 0 Å². The van der Waals surface area contributed by atoms with Gasteiger partial charge in [0.25, 0.3) is 0 Å². The van der Waals surface area contributed by atoms with Gasteiger partial charge in [-0.05, 0) is 37.6 Å². The summed E-state index contributed by atoms with van der Waals surface area (Å²) in [4.78, 5) is 5.07. The van der Waals surface area contributed by atoms with Crippen LogP contribution in [0.4, 0.5) is 0 Å². The van der Waals surface area contributed by atoms with E-state index in [1.54, 1.807) is 0 Å². The van der Waals surface area contributed by atoms with E-state index in [1.165, 1.54) is 18.4 Å². The molecule has 4 nitrogen and oxygen atoms in total. The molecular formula is C20H35N3O. The van der Waals surface area contributed by atoms with Crippen molar-refractivity contribution in [2.45, 2.75) is 52.1 Å². The Morgan fingerprint density at radius 1 is 1.17 bits per heavy atom. The molecule has 24 heavy (non-hydrogen) atoms. The number of benzene rings is 1. The highest BCUT2D eigenvalue weighted by Gasteiger charge is 2.27. The molecule has 2 unspecified atom stereocenters. The molecule has 1 heterocycles. The van der Waals surface area contributed by atoms with Gasteiger partial charge in [0.05, 0.1) is 6.61 Å². The maximum atomic E-state index is 6.11. The molecule has 1 aliphatic heterocycles. The first-order chi connectivity index (χ1) is 11.7. The molecule has 1 aromatic carbocycles. The second-order valence-corrected chi connectivity index (χ2v) is 6.85. The molecule has 0 spiro atoms. The lowest BCUT2D eigenvalue weighted by molar-refractivity contribution is 0.0606. The molecule has 1 saturated heterocycles. The molecule has 0 aliphatic carbocycles. The molecule has 136 valence electrons. The molecule has 2 rings (SSSR count). The fourth-order valence-corrected chi connectivity index (χ4v) is 3.60. The van der Waals surface area contributed by atoms with E-state index in [1.807, 2.05) is 0 Å². The monoisotopic (exact) mass is 333 g/mol. The first kappa shape index (κ1) is 19.2.